The Hall–Kier alpha value is -1.66. The monoisotopic (exact) mass is 405 g/mol. The summed E-state index contributed by atoms with van der Waals surface area (Å²) in [6.07, 6.45) is 1.73. The molecule has 0 bridgehead atoms. The molecule has 3 rings (SSSR count). The molecule has 0 spiro atoms. The zero-order valence-electron chi connectivity index (χ0n) is 12.4. The number of nitrogens with zero attached hydrogens (tertiary/aromatic N) is 1. The number of hydrogen-bond donors (Lipinski definition) is 0. The van der Waals surface area contributed by atoms with Gasteiger partial charge in [-0.1, -0.05) is 36.4 Å². The van der Waals surface area contributed by atoms with Crippen LogP contribution in [-0.2, 0) is 9.53 Å². The summed E-state index contributed by atoms with van der Waals surface area (Å²) in [7, 11) is 1.64. The summed E-state index contributed by atoms with van der Waals surface area (Å²) in [6, 6.07) is 16.1. The van der Waals surface area contributed by atoms with E-state index in [9.17, 15) is 4.79 Å². The lowest BCUT2D eigenvalue weighted by atomic mass is 10.0. The van der Waals surface area contributed by atoms with Crippen molar-refractivity contribution in [1.82, 2.24) is 0 Å². The predicted octanol–water partition coefficient (Wildman–Crippen LogP) is 4.17. The smallest absolute Gasteiger partial charge is 0.226 e. The van der Waals surface area contributed by atoms with Crippen LogP contribution < -0.4 is 4.90 Å². The molecule has 1 amide bonds. The number of rotatable bonds is 2. The molecule has 0 N–H and O–H groups in total. The Morgan fingerprint density at radius 2 is 1.86 bits per heavy atom. The van der Waals surface area contributed by atoms with E-state index in [4.69, 9.17) is 4.74 Å². The van der Waals surface area contributed by atoms with Gasteiger partial charge in [0.05, 0.1) is 5.69 Å². The highest BCUT2D eigenvalue weighted by molar-refractivity contribution is 14.1. The number of para-hydroxylation sites is 1. The summed E-state index contributed by atoms with van der Waals surface area (Å²) in [4.78, 5) is 13.8. The first-order valence-corrected chi connectivity index (χ1v) is 8.09. The van der Waals surface area contributed by atoms with E-state index in [1.807, 2.05) is 36.4 Å². The van der Waals surface area contributed by atoms with Crippen LogP contribution in [-0.4, -0.2) is 19.2 Å². The van der Waals surface area contributed by atoms with Crippen molar-refractivity contribution in [3.8, 4) is 0 Å². The summed E-state index contributed by atoms with van der Waals surface area (Å²) in [5.41, 5.74) is 4.08. The third kappa shape index (κ3) is 2.57. The van der Waals surface area contributed by atoms with Gasteiger partial charge in [-0.3, -0.25) is 9.69 Å². The molecule has 1 heterocycles. The van der Waals surface area contributed by atoms with Crippen molar-refractivity contribution in [3.63, 3.8) is 0 Å². The number of carbonyl (C=O) groups excluding carboxylic acids is 1. The van der Waals surface area contributed by atoms with E-state index >= 15 is 0 Å². The summed E-state index contributed by atoms with van der Waals surface area (Å²) < 4.78 is 6.79. The largest absolute Gasteiger partial charge is 0.357 e. The van der Waals surface area contributed by atoms with Crippen LogP contribution in [0.4, 0.5) is 5.69 Å². The summed E-state index contributed by atoms with van der Waals surface area (Å²) in [5.74, 6) is -0.0227. The first-order chi connectivity index (χ1) is 10.6. The second-order valence-electron chi connectivity index (χ2n) is 5.12. The Balaban J connectivity index is 2.18. The first kappa shape index (κ1) is 15.2. The molecule has 2 aromatic carbocycles. The third-order valence-corrected chi connectivity index (χ3v) is 4.74. The maximum atomic E-state index is 12.1. The van der Waals surface area contributed by atoms with Crippen molar-refractivity contribution < 1.29 is 9.53 Å². The molecule has 3 nitrogen and oxygen atoms in total. The molecule has 1 atom stereocenters. The first-order valence-electron chi connectivity index (χ1n) is 7.01. The number of anilines is 1. The van der Waals surface area contributed by atoms with Crippen molar-refractivity contribution in [2.45, 2.75) is 13.2 Å². The molecule has 4 heteroatoms. The number of amides is 1. The van der Waals surface area contributed by atoms with Gasteiger partial charge in [0.1, 0.15) is 0 Å². The summed E-state index contributed by atoms with van der Waals surface area (Å²) in [5, 5.41) is 0. The summed E-state index contributed by atoms with van der Waals surface area (Å²) >= 11 is 2.32. The Labute approximate surface area is 143 Å². The molecule has 22 heavy (non-hydrogen) atoms. The van der Waals surface area contributed by atoms with Gasteiger partial charge in [0, 0.05) is 28.7 Å². The topological polar surface area (TPSA) is 29.5 Å². The molecule has 2 aromatic rings. The molecule has 0 fully saturated rings. The van der Waals surface area contributed by atoms with Gasteiger partial charge < -0.3 is 4.74 Å². The summed E-state index contributed by atoms with van der Waals surface area (Å²) in [6.45, 7) is 1.57. The molecule has 1 unspecified atom stereocenters. The normalized spacial score (nSPS) is 18.6. The number of ether oxygens (including phenoxy) is 1. The van der Waals surface area contributed by atoms with Crippen LogP contribution in [0.5, 0.6) is 0 Å². The van der Waals surface area contributed by atoms with Gasteiger partial charge in [0.2, 0.25) is 5.91 Å². The molecule has 0 aromatic heterocycles. The minimum atomic E-state index is -0.383. The molecular weight excluding hydrogens is 389 g/mol. The van der Waals surface area contributed by atoms with Gasteiger partial charge in [0.15, 0.2) is 6.23 Å². The Bertz CT molecular complexity index is 754. The lowest BCUT2D eigenvalue weighted by Crippen LogP contribution is -2.36. The zero-order chi connectivity index (χ0) is 15.7. The molecule has 1 aliphatic heterocycles. The van der Waals surface area contributed by atoms with Gasteiger partial charge in [0.25, 0.3) is 0 Å². The van der Waals surface area contributed by atoms with Crippen molar-refractivity contribution in [3.05, 3.63) is 63.2 Å². The minimum Gasteiger partial charge on any atom is -0.357 e. The number of carbonyl (C=O) groups is 1. The van der Waals surface area contributed by atoms with Gasteiger partial charge in [-0.15, -0.1) is 0 Å². The highest BCUT2D eigenvalue weighted by Gasteiger charge is 2.36. The fraction of sp³-hybridized carbons (Fsp3) is 0.167. The van der Waals surface area contributed by atoms with E-state index in [1.54, 1.807) is 18.9 Å². The van der Waals surface area contributed by atoms with E-state index in [2.05, 4.69) is 40.8 Å². The van der Waals surface area contributed by atoms with Crippen LogP contribution in [0, 0.1) is 3.57 Å². The average Bonchev–Trinajstić information content (AvgIpc) is 2.83. The highest BCUT2D eigenvalue weighted by Crippen LogP contribution is 2.41. The van der Waals surface area contributed by atoms with Crippen LogP contribution in [0.15, 0.2) is 48.5 Å². The minimum absolute atomic E-state index is 0.0227. The van der Waals surface area contributed by atoms with E-state index in [0.29, 0.717) is 0 Å². The van der Waals surface area contributed by atoms with E-state index in [1.165, 1.54) is 3.57 Å². The second-order valence-corrected chi connectivity index (χ2v) is 6.28. The molecule has 0 aliphatic carbocycles. The van der Waals surface area contributed by atoms with Gasteiger partial charge in [-0.2, -0.15) is 0 Å². The van der Waals surface area contributed by atoms with E-state index in [-0.39, 0.29) is 12.1 Å². The third-order valence-electron chi connectivity index (χ3n) is 3.75. The van der Waals surface area contributed by atoms with Crippen molar-refractivity contribution in [1.29, 1.82) is 0 Å². The van der Waals surface area contributed by atoms with Crippen LogP contribution in [0.2, 0.25) is 0 Å². The number of halogens is 1. The van der Waals surface area contributed by atoms with Crippen LogP contribution in [0.3, 0.4) is 0 Å². The standard InChI is InChI=1S/C18H16INO2/c1-12(21)20-17-10-6-4-8-14(17)15(18(20)22-2)11-13-7-3-5-9-16(13)19/h3-11,18H,1-2H3. The van der Waals surface area contributed by atoms with Gasteiger partial charge in [-0.05, 0) is 46.4 Å². The predicted molar refractivity (Wildman–Crippen MR) is 97.4 cm³/mol. The van der Waals surface area contributed by atoms with Crippen LogP contribution in [0.1, 0.15) is 18.1 Å². The fourth-order valence-corrected chi connectivity index (χ4v) is 3.35. The second kappa shape index (κ2) is 6.22. The number of hydrogen-bond acceptors (Lipinski definition) is 2. The lowest BCUT2D eigenvalue weighted by Gasteiger charge is -2.23. The number of fused-ring (bicyclic) bond motifs is 1. The van der Waals surface area contributed by atoms with E-state index < -0.39 is 0 Å². The van der Waals surface area contributed by atoms with Gasteiger partial charge in [-0.25, -0.2) is 0 Å². The van der Waals surface area contributed by atoms with Crippen LogP contribution in [0.25, 0.3) is 11.6 Å². The van der Waals surface area contributed by atoms with E-state index in [0.717, 1.165) is 22.4 Å². The fourth-order valence-electron chi connectivity index (χ4n) is 2.80. The molecule has 112 valence electrons. The maximum absolute atomic E-state index is 12.1. The quantitative estimate of drug-likeness (QED) is 0.702. The number of benzene rings is 2. The molecule has 0 saturated heterocycles. The van der Waals surface area contributed by atoms with Crippen molar-refractivity contribution in [2.24, 2.45) is 0 Å². The Morgan fingerprint density at radius 1 is 1.18 bits per heavy atom. The molecular formula is C18H16INO2. The lowest BCUT2D eigenvalue weighted by molar-refractivity contribution is -0.118. The van der Waals surface area contributed by atoms with Gasteiger partial charge >= 0.3 is 0 Å². The maximum Gasteiger partial charge on any atom is 0.226 e. The highest BCUT2D eigenvalue weighted by atomic mass is 127. The average molecular weight is 405 g/mol. The van der Waals surface area contributed by atoms with Crippen LogP contribution >= 0.6 is 22.6 Å². The Kier molecular flexibility index (Phi) is 4.31. The molecule has 1 aliphatic rings. The Morgan fingerprint density at radius 3 is 2.55 bits per heavy atom. The van der Waals surface area contributed by atoms with Crippen molar-refractivity contribution in [2.75, 3.05) is 12.0 Å². The molecule has 0 saturated carbocycles. The molecule has 0 radical (unpaired) electrons. The zero-order valence-corrected chi connectivity index (χ0v) is 14.6. The number of methoxy groups -OCH3 is 1. The SMILES string of the molecule is COC1C(=Cc2ccccc2I)c2ccccc2N1C(C)=O. The van der Waals surface area contributed by atoms with Crippen molar-refractivity contribution >= 4 is 45.8 Å².